The second-order valence-corrected chi connectivity index (χ2v) is 5.81. The van der Waals surface area contributed by atoms with Gasteiger partial charge in [0.2, 0.25) is 5.91 Å². The van der Waals surface area contributed by atoms with Gasteiger partial charge in [0.25, 0.3) is 0 Å². The van der Waals surface area contributed by atoms with E-state index in [0.29, 0.717) is 13.2 Å². The lowest BCUT2D eigenvalue weighted by molar-refractivity contribution is -0.125. The summed E-state index contributed by atoms with van der Waals surface area (Å²) in [6, 6.07) is 8.30. The van der Waals surface area contributed by atoms with Gasteiger partial charge < -0.3 is 15.8 Å². The van der Waals surface area contributed by atoms with Crippen LogP contribution in [0.1, 0.15) is 43.7 Å². The fourth-order valence-corrected chi connectivity index (χ4v) is 2.78. The predicted molar refractivity (Wildman–Crippen MR) is 90.8 cm³/mol. The SMILES string of the molecule is CCCOCc1ccccc1CNC(=O)C1CCC(N)C1.Cl. The van der Waals surface area contributed by atoms with Gasteiger partial charge in [-0.25, -0.2) is 0 Å². The number of halogens is 1. The van der Waals surface area contributed by atoms with E-state index < -0.39 is 0 Å². The monoisotopic (exact) mass is 326 g/mol. The van der Waals surface area contributed by atoms with Crippen LogP contribution < -0.4 is 11.1 Å². The maximum absolute atomic E-state index is 12.1. The van der Waals surface area contributed by atoms with Crippen molar-refractivity contribution in [1.29, 1.82) is 0 Å². The lowest BCUT2D eigenvalue weighted by atomic mass is 10.1. The van der Waals surface area contributed by atoms with E-state index in [1.54, 1.807) is 0 Å². The number of nitrogens with two attached hydrogens (primary N) is 1. The van der Waals surface area contributed by atoms with Crippen LogP contribution in [0.15, 0.2) is 24.3 Å². The van der Waals surface area contributed by atoms with E-state index in [0.717, 1.165) is 43.4 Å². The molecule has 0 aliphatic heterocycles. The van der Waals surface area contributed by atoms with Gasteiger partial charge in [-0.15, -0.1) is 12.4 Å². The van der Waals surface area contributed by atoms with Crippen molar-refractivity contribution >= 4 is 18.3 Å². The maximum Gasteiger partial charge on any atom is 0.223 e. The van der Waals surface area contributed by atoms with E-state index in [4.69, 9.17) is 10.5 Å². The molecule has 0 saturated heterocycles. The molecule has 22 heavy (non-hydrogen) atoms. The molecule has 1 amide bonds. The van der Waals surface area contributed by atoms with Crippen LogP contribution in [0.5, 0.6) is 0 Å². The van der Waals surface area contributed by atoms with E-state index >= 15 is 0 Å². The van der Waals surface area contributed by atoms with Crippen molar-refractivity contribution in [2.75, 3.05) is 6.61 Å². The number of amides is 1. The normalized spacial score (nSPS) is 20.5. The zero-order valence-electron chi connectivity index (χ0n) is 13.2. The van der Waals surface area contributed by atoms with Crippen LogP contribution in [0.4, 0.5) is 0 Å². The van der Waals surface area contributed by atoms with Gasteiger partial charge in [0.05, 0.1) is 6.61 Å². The van der Waals surface area contributed by atoms with Crippen molar-refractivity contribution in [3.8, 4) is 0 Å². The summed E-state index contributed by atoms with van der Waals surface area (Å²) in [6.07, 6.45) is 3.70. The van der Waals surface area contributed by atoms with Crippen LogP contribution in [0, 0.1) is 5.92 Å². The summed E-state index contributed by atoms with van der Waals surface area (Å²) < 4.78 is 5.60. The van der Waals surface area contributed by atoms with Crippen LogP contribution in [0.3, 0.4) is 0 Å². The van der Waals surface area contributed by atoms with E-state index in [9.17, 15) is 4.79 Å². The van der Waals surface area contributed by atoms with Crippen molar-refractivity contribution in [1.82, 2.24) is 5.32 Å². The number of carbonyl (C=O) groups is 1. The molecular formula is C17H27ClN2O2. The molecule has 3 N–H and O–H groups in total. The Kier molecular flexibility index (Phi) is 8.46. The minimum Gasteiger partial charge on any atom is -0.377 e. The Morgan fingerprint density at radius 2 is 2.05 bits per heavy atom. The molecule has 1 aromatic rings. The number of ether oxygens (including phenoxy) is 1. The quantitative estimate of drug-likeness (QED) is 0.757. The summed E-state index contributed by atoms with van der Waals surface area (Å²) in [5, 5.41) is 3.04. The smallest absolute Gasteiger partial charge is 0.223 e. The van der Waals surface area contributed by atoms with E-state index in [2.05, 4.69) is 18.3 Å². The first kappa shape index (κ1) is 18.9. The van der Waals surface area contributed by atoms with E-state index in [1.807, 2.05) is 18.2 Å². The molecule has 5 heteroatoms. The lowest BCUT2D eigenvalue weighted by Gasteiger charge is -2.13. The van der Waals surface area contributed by atoms with Crippen molar-refractivity contribution in [2.24, 2.45) is 11.7 Å². The van der Waals surface area contributed by atoms with Crippen LogP contribution in [0.25, 0.3) is 0 Å². The highest BCUT2D eigenvalue weighted by Crippen LogP contribution is 2.24. The number of hydrogen-bond acceptors (Lipinski definition) is 3. The van der Waals surface area contributed by atoms with Crippen molar-refractivity contribution in [3.05, 3.63) is 35.4 Å². The number of hydrogen-bond donors (Lipinski definition) is 2. The average Bonchev–Trinajstić information content (AvgIpc) is 2.93. The Balaban J connectivity index is 0.00000242. The molecule has 1 aliphatic carbocycles. The highest BCUT2D eigenvalue weighted by atomic mass is 35.5. The molecule has 2 unspecified atom stereocenters. The summed E-state index contributed by atoms with van der Waals surface area (Å²) in [7, 11) is 0. The molecule has 0 spiro atoms. The lowest BCUT2D eigenvalue weighted by Crippen LogP contribution is -2.30. The third-order valence-electron chi connectivity index (χ3n) is 4.02. The molecular weight excluding hydrogens is 300 g/mol. The van der Waals surface area contributed by atoms with Crippen molar-refractivity contribution in [2.45, 2.75) is 51.8 Å². The van der Waals surface area contributed by atoms with Crippen molar-refractivity contribution < 1.29 is 9.53 Å². The molecule has 2 atom stereocenters. The van der Waals surface area contributed by atoms with Crippen LogP contribution in [-0.4, -0.2) is 18.6 Å². The first-order valence-corrected chi connectivity index (χ1v) is 7.88. The molecule has 1 saturated carbocycles. The molecule has 4 nitrogen and oxygen atoms in total. The first-order chi connectivity index (χ1) is 10.2. The Morgan fingerprint density at radius 1 is 1.32 bits per heavy atom. The second kappa shape index (κ2) is 9.82. The number of nitrogens with one attached hydrogen (secondary N) is 1. The van der Waals surface area contributed by atoms with Gasteiger partial charge in [-0.3, -0.25) is 4.79 Å². The van der Waals surface area contributed by atoms with Gasteiger partial charge in [0.15, 0.2) is 0 Å². The first-order valence-electron chi connectivity index (χ1n) is 7.88. The van der Waals surface area contributed by atoms with Crippen LogP contribution in [-0.2, 0) is 22.7 Å². The van der Waals surface area contributed by atoms with Gasteiger partial charge in [0.1, 0.15) is 0 Å². The predicted octanol–water partition coefficient (Wildman–Crippen LogP) is 2.78. The fraction of sp³-hybridized carbons (Fsp3) is 0.588. The molecule has 1 aromatic carbocycles. The summed E-state index contributed by atoms with van der Waals surface area (Å²) in [6.45, 7) is 4.03. The number of rotatable bonds is 7. The van der Waals surface area contributed by atoms with Crippen LogP contribution >= 0.6 is 12.4 Å². The zero-order valence-corrected chi connectivity index (χ0v) is 14.0. The van der Waals surface area contributed by atoms with Gasteiger partial charge in [0, 0.05) is 25.1 Å². The zero-order chi connectivity index (χ0) is 15.1. The molecule has 0 aromatic heterocycles. The summed E-state index contributed by atoms with van der Waals surface area (Å²) in [5.74, 6) is 0.218. The third kappa shape index (κ3) is 5.59. The standard InChI is InChI=1S/C17H26N2O2.ClH/c1-2-9-21-12-15-6-4-3-5-14(15)11-19-17(20)13-7-8-16(18)10-13;/h3-6,13,16H,2,7-12,18H2,1H3,(H,19,20);1H. The molecule has 124 valence electrons. The molecule has 0 heterocycles. The molecule has 1 aliphatic rings. The highest BCUT2D eigenvalue weighted by molar-refractivity contribution is 5.85. The van der Waals surface area contributed by atoms with Gasteiger partial charge in [-0.1, -0.05) is 31.2 Å². The Bertz CT molecular complexity index is 468. The summed E-state index contributed by atoms with van der Waals surface area (Å²) >= 11 is 0. The van der Waals surface area contributed by atoms with Crippen LogP contribution in [0.2, 0.25) is 0 Å². The van der Waals surface area contributed by atoms with Crippen molar-refractivity contribution in [3.63, 3.8) is 0 Å². The number of carbonyl (C=O) groups excluding carboxylic acids is 1. The maximum atomic E-state index is 12.1. The number of benzene rings is 1. The Morgan fingerprint density at radius 3 is 2.68 bits per heavy atom. The molecule has 0 radical (unpaired) electrons. The summed E-state index contributed by atoms with van der Waals surface area (Å²) in [4.78, 5) is 12.1. The second-order valence-electron chi connectivity index (χ2n) is 5.81. The third-order valence-corrected chi connectivity index (χ3v) is 4.02. The fourth-order valence-electron chi connectivity index (χ4n) is 2.78. The van der Waals surface area contributed by atoms with Gasteiger partial charge >= 0.3 is 0 Å². The topological polar surface area (TPSA) is 64.3 Å². The molecule has 2 rings (SSSR count). The molecule has 0 bridgehead atoms. The minimum absolute atomic E-state index is 0. The van der Waals surface area contributed by atoms with Gasteiger partial charge in [-0.2, -0.15) is 0 Å². The average molecular weight is 327 g/mol. The Hall–Kier alpha value is -1.10. The van der Waals surface area contributed by atoms with E-state index in [1.165, 1.54) is 0 Å². The Labute approximate surface area is 139 Å². The molecule has 1 fully saturated rings. The highest BCUT2D eigenvalue weighted by Gasteiger charge is 2.27. The summed E-state index contributed by atoms with van der Waals surface area (Å²) in [5.41, 5.74) is 8.14. The van der Waals surface area contributed by atoms with E-state index in [-0.39, 0.29) is 30.3 Å². The van der Waals surface area contributed by atoms with Gasteiger partial charge in [-0.05, 0) is 36.8 Å². The minimum atomic E-state index is 0. The largest absolute Gasteiger partial charge is 0.377 e.